The van der Waals surface area contributed by atoms with Gasteiger partial charge in [-0.15, -0.1) is 0 Å². The molecule has 16 heavy (non-hydrogen) atoms. The smallest absolute Gasteiger partial charge is 0.0771 e. The largest absolute Gasteiger partial charge is 0.300 e. The van der Waals surface area contributed by atoms with Crippen LogP contribution in [0.25, 0.3) is 11.6 Å². The number of allylic oxidation sites excluding steroid dienone is 2. The SMILES string of the molecule is C1=Cc2cccnc2/C1=C/CN1CCCC1. The first-order valence-corrected chi connectivity index (χ1v) is 5.99. The van der Waals surface area contributed by atoms with Crippen molar-refractivity contribution in [3.8, 4) is 0 Å². The van der Waals surface area contributed by atoms with E-state index in [0.29, 0.717) is 0 Å². The number of fused-ring (bicyclic) bond motifs is 1. The Bertz CT molecular complexity index is 440. The Morgan fingerprint density at radius 2 is 2.12 bits per heavy atom. The van der Waals surface area contributed by atoms with Gasteiger partial charge < -0.3 is 0 Å². The lowest BCUT2D eigenvalue weighted by atomic mass is 10.1. The number of likely N-dealkylation sites (tertiary alicyclic amines) is 1. The summed E-state index contributed by atoms with van der Waals surface area (Å²) in [6.07, 6.45) is 11.2. The highest BCUT2D eigenvalue weighted by molar-refractivity contribution is 5.87. The molecule has 0 aromatic carbocycles. The molecule has 0 spiro atoms. The van der Waals surface area contributed by atoms with Gasteiger partial charge in [0.2, 0.25) is 0 Å². The van der Waals surface area contributed by atoms with Crippen LogP contribution >= 0.6 is 0 Å². The van der Waals surface area contributed by atoms with Crippen LogP contribution in [0.3, 0.4) is 0 Å². The molecule has 2 nitrogen and oxygen atoms in total. The zero-order valence-corrected chi connectivity index (χ0v) is 9.39. The maximum absolute atomic E-state index is 4.44. The van der Waals surface area contributed by atoms with Crippen LogP contribution in [-0.2, 0) is 0 Å². The van der Waals surface area contributed by atoms with E-state index in [9.17, 15) is 0 Å². The molecule has 1 saturated heterocycles. The van der Waals surface area contributed by atoms with Gasteiger partial charge in [0.15, 0.2) is 0 Å². The van der Waals surface area contributed by atoms with Crippen LogP contribution in [0.1, 0.15) is 24.1 Å². The summed E-state index contributed by atoms with van der Waals surface area (Å²) in [6.45, 7) is 3.57. The highest BCUT2D eigenvalue weighted by Gasteiger charge is 2.13. The van der Waals surface area contributed by atoms with Crippen molar-refractivity contribution in [3.05, 3.63) is 41.7 Å². The van der Waals surface area contributed by atoms with Gasteiger partial charge in [0, 0.05) is 18.3 Å². The molecule has 1 aromatic rings. The average molecular weight is 212 g/mol. The number of hydrogen-bond acceptors (Lipinski definition) is 2. The van der Waals surface area contributed by atoms with Gasteiger partial charge in [0.1, 0.15) is 0 Å². The molecule has 82 valence electrons. The van der Waals surface area contributed by atoms with E-state index in [-0.39, 0.29) is 0 Å². The Hall–Kier alpha value is -1.41. The molecular formula is C14H16N2. The molecule has 0 atom stereocenters. The summed E-state index contributed by atoms with van der Waals surface area (Å²) in [5, 5.41) is 0. The van der Waals surface area contributed by atoms with E-state index in [2.05, 4.69) is 34.2 Å². The van der Waals surface area contributed by atoms with Gasteiger partial charge in [0.25, 0.3) is 0 Å². The lowest BCUT2D eigenvalue weighted by Crippen LogP contribution is -2.18. The molecule has 0 N–H and O–H groups in total. The van der Waals surface area contributed by atoms with Gasteiger partial charge >= 0.3 is 0 Å². The Labute approximate surface area is 96.3 Å². The lowest BCUT2D eigenvalue weighted by Gasteiger charge is -2.11. The maximum Gasteiger partial charge on any atom is 0.0771 e. The van der Waals surface area contributed by atoms with Gasteiger partial charge in [-0.25, -0.2) is 0 Å². The summed E-state index contributed by atoms with van der Waals surface area (Å²) in [6, 6.07) is 4.11. The number of nitrogens with zero attached hydrogens (tertiary/aromatic N) is 2. The van der Waals surface area contributed by atoms with E-state index in [1.54, 1.807) is 0 Å². The van der Waals surface area contributed by atoms with Crippen LogP contribution in [-0.4, -0.2) is 29.5 Å². The van der Waals surface area contributed by atoms with Crippen molar-refractivity contribution in [1.82, 2.24) is 9.88 Å². The fourth-order valence-corrected chi connectivity index (χ4v) is 2.41. The molecule has 0 amide bonds. The second-order valence-electron chi connectivity index (χ2n) is 4.44. The van der Waals surface area contributed by atoms with Crippen LogP contribution in [0, 0.1) is 0 Å². The van der Waals surface area contributed by atoms with E-state index in [1.165, 1.54) is 37.1 Å². The van der Waals surface area contributed by atoms with Gasteiger partial charge in [-0.05, 0) is 37.6 Å². The van der Waals surface area contributed by atoms with Crippen LogP contribution in [0.2, 0.25) is 0 Å². The Morgan fingerprint density at radius 3 is 3.00 bits per heavy atom. The molecule has 3 rings (SSSR count). The van der Waals surface area contributed by atoms with Crippen LogP contribution in [0.5, 0.6) is 0 Å². The third-order valence-electron chi connectivity index (χ3n) is 3.32. The molecule has 2 heteroatoms. The summed E-state index contributed by atoms with van der Waals surface area (Å²) < 4.78 is 0. The lowest BCUT2D eigenvalue weighted by molar-refractivity contribution is 0.377. The molecular weight excluding hydrogens is 196 g/mol. The third-order valence-corrected chi connectivity index (χ3v) is 3.32. The van der Waals surface area contributed by atoms with Crippen molar-refractivity contribution in [3.63, 3.8) is 0 Å². The number of pyridine rings is 1. The van der Waals surface area contributed by atoms with E-state index in [0.717, 1.165) is 12.2 Å². The first kappa shape index (κ1) is 9.79. The number of aromatic nitrogens is 1. The van der Waals surface area contributed by atoms with Gasteiger partial charge in [-0.2, -0.15) is 0 Å². The average Bonchev–Trinajstić information content (AvgIpc) is 2.96. The predicted octanol–water partition coefficient (Wildman–Crippen LogP) is 2.59. The predicted molar refractivity (Wildman–Crippen MR) is 66.9 cm³/mol. The van der Waals surface area contributed by atoms with Crippen molar-refractivity contribution in [2.75, 3.05) is 19.6 Å². The highest BCUT2D eigenvalue weighted by atomic mass is 15.1. The first-order valence-electron chi connectivity index (χ1n) is 5.99. The summed E-state index contributed by atoms with van der Waals surface area (Å²) in [4.78, 5) is 6.94. The zero-order chi connectivity index (χ0) is 10.8. The third kappa shape index (κ3) is 1.81. The highest BCUT2D eigenvalue weighted by Crippen LogP contribution is 2.26. The van der Waals surface area contributed by atoms with Gasteiger partial charge in [0.05, 0.1) is 5.69 Å². The van der Waals surface area contributed by atoms with E-state index in [1.807, 2.05) is 12.3 Å². The fraction of sp³-hybridized carbons (Fsp3) is 0.357. The molecule has 2 heterocycles. The summed E-state index contributed by atoms with van der Waals surface area (Å²) in [5.74, 6) is 0. The van der Waals surface area contributed by atoms with E-state index >= 15 is 0 Å². The molecule has 1 fully saturated rings. The molecule has 0 saturated carbocycles. The monoisotopic (exact) mass is 212 g/mol. The Morgan fingerprint density at radius 1 is 1.25 bits per heavy atom. The summed E-state index contributed by atoms with van der Waals surface area (Å²) >= 11 is 0. The molecule has 0 bridgehead atoms. The number of hydrogen-bond donors (Lipinski definition) is 0. The van der Waals surface area contributed by atoms with Crippen molar-refractivity contribution in [1.29, 1.82) is 0 Å². The Balaban J connectivity index is 1.76. The van der Waals surface area contributed by atoms with E-state index < -0.39 is 0 Å². The molecule has 1 aromatic heterocycles. The minimum Gasteiger partial charge on any atom is -0.300 e. The maximum atomic E-state index is 4.44. The molecule has 0 unspecified atom stereocenters. The molecule has 1 aliphatic carbocycles. The minimum absolute atomic E-state index is 1.07. The van der Waals surface area contributed by atoms with Crippen LogP contribution in [0.15, 0.2) is 30.5 Å². The minimum atomic E-state index is 1.07. The summed E-state index contributed by atoms with van der Waals surface area (Å²) in [7, 11) is 0. The molecule has 2 aliphatic rings. The number of rotatable bonds is 2. The topological polar surface area (TPSA) is 16.1 Å². The van der Waals surface area contributed by atoms with Crippen LogP contribution in [0.4, 0.5) is 0 Å². The standard InChI is InChI=1S/C14H16N2/c1-2-10-16(9-1)11-7-13-6-5-12-4-3-8-15-14(12)13/h3-8H,1-2,9-11H2/b13-7+. The Kier molecular flexibility index (Phi) is 2.58. The zero-order valence-electron chi connectivity index (χ0n) is 9.39. The second kappa shape index (κ2) is 4.22. The molecule has 1 aliphatic heterocycles. The fourth-order valence-electron chi connectivity index (χ4n) is 2.41. The normalized spacial score (nSPS) is 21.9. The van der Waals surface area contributed by atoms with Gasteiger partial charge in [-0.3, -0.25) is 9.88 Å². The van der Waals surface area contributed by atoms with Gasteiger partial charge in [-0.1, -0.05) is 24.3 Å². The molecule has 0 radical (unpaired) electrons. The van der Waals surface area contributed by atoms with Crippen LogP contribution < -0.4 is 0 Å². The summed E-state index contributed by atoms with van der Waals surface area (Å²) in [5.41, 5.74) is 3.67. The van der Waals surface area contributed by atoms with Crippen molar-refractivity contribution >= 4 is 11.6 Å². The second-order valence-corrected chi connectivity index (χ2v) is 4.44. The van der Waals surface area contributed by atoms with E-state index in [4.69, 9.17) is 0 Å². The van der Waals surface area contributed by atoms with Crippen molar-refractivity contribution in [2.45, 2.75) is 12.8 Å². The first-order chi connectivity index (χ1) is 7.93. The van der Waals surface area contributed by atoms with Crippen molar-refractivity contribution < 1.29 is 0 Å². The van der Waals surface area contributed by atoms with Crippen molar-refractivity contribution in [2.24, 2.45) is 0 Å². The quantitative estimate of drug-likeness (QED) is 0.749.